The lowest BCUT2D eigenvalue weighted by molar-refractivity contribution is 0.0716. The molecule has 0 unspecified atom stereocenters. The molecule has 0 N–H and O–H groups in total. The van der Waals surface area contributed by atoms with Crippen LogP contribution in [0.25, 0.3) is 11.0 Å². The fourth-order valence-corrected chi connectivity index (χ4v) is 4.26. The van der Waals surface area contributed by atoms with Crippen molar-refractivity contribution in [1.82, 2.24) is 14.5 Å². The van der Waals surface area contributed by atoms with Gasteiger partial charge in [0.05, 0.1) is 24.1 Å². The number of halogens is 1. The third kappa shape index (κ3) is 4.33. The molecule has 6 nitrogen and oxygen atoms in total. The number of benzene rings is 3. The summed E-state index contributed by atoms with van der Waals surface area (Å²) in [6, 6.07) is 19.8. The lowest BCUT2D eigenvalue weighted by Gasteiger charge is -2.25. The Bertz CT molecular complexity index is 1350. The monoisotopic (exact) mass is 459 g/mol. The van der Waals surface area contributed by atoms with E-state index in [0.29, 0.717) is 48.1 Å². The van der Waals surface area contributed by atoms with Gasteiger partial charge in [-0.1, -0.05) is 44.2 Å². The van der Waals surface area contributed by atoms with Crippen LogP contribution in [0.3, 0.4) is 0 Å². The van der Waals surface area contributed by atoms with Crippen LogP contribution >= 0.6 is 0 Å². The molecule has 7 heteroatoms. The molecule has 1 amide bonds. The van der Waals surface area contributed by atoms with Crippen LogP contribution in [0.5, 0.6) is 11.5 Å². The second-order valence-corrected chi connectivity index (χ2v) is 8.84. The molecule has 1 aromatic heterocycles. The zero-order valence-electron chi connectivity index (χ0n) is 19.2. The minimum absolute atomic E-state index is 0.114. The highest BCUT2D eigenvalue weighted by atomic mass is 19.1. The molecule has 0 spiro atoms. The van der Waals surface area contributed by atoms with Crippen molar-refractivity contribution >= 4 is 16.9 Å². The van der Waals surface area contributed by atoms with Crippen molar-refractivity contribution in [3.63, 3.8) is 0 Å². The van der Waals surface area contributed by atoms with Crippen molar-refractivity contribution in [2.75, 3.05) is 13.3 Å². The van der Waals surface area contributed by atoms with E-state index in [0.717, 1.165) is 11.0 Å². The van der Waals surface area contributed by atoms with Crippen LogP contribution in [0.15, 0.2) is 66.7 Å². The number of ether oxygens (including phenoxy) is 2. The lowest BCUT2D eigenvalue weighted by Crippen LogP contribution is -2.34. The summed E-state index contributed by atoms with van der Waals surface area (Å²) in [6.45, 7) is 5.48. The summed E-state index contributed by atoms with van der Waals surface area (Å²) in [5.41, 5.74) is 2.82. The van der Waals surface area contributed by atoms with Gasteiger partial charge in [-0.25, -0.2) is 9.37 Å². The number of carbonyl (C=O) groups is 1. The predicted molar refractivity (Wildman–Crippen MR) is 127 cm³/mol. The summed E-state index contributed by atoms with van der Waals surface area (Å²) in [5, 5.41) is 0. The van der Waals surface area contributed by atoms with Crippen LogP contribution in [-0.2, 0) is 13.1 Å². The smallest absolute Gasteiger partial charge is 0.254 e. The van der Waals surface area contributed by atoms with Gasteiger partial charge < -0.3 is 18.9 Å². The van der Waals surface area contributed by atoms with E-state index in [1.165, 1.54) is 6.07 Å². The molecule has 0 radical (unpaired) electrons. The van der Waals surface area contributed by atoms with Gasteiger partial charge >= 0.3 is 0 Å². The number of fused-ring (bicyclic) bond motifs is 2. The third-order valence-corrected chi connectivity index (χ3v) is 5.84. The van der Waals surface area contributed by atoms with Gasteiger partial charge in [0.1, 0.15) is 11.6 Å². The molecule has 3 aromatic carbocycles. The van der Waals surface area contributed by atoms with Crippen LogP contribution in [-0.4, -0.2) is 33.7 Å². The summed E-state index contributed by atoms with van der Waals surface area (Å²) in [7, 11) is 0. The molecule has 2 heterocycles. The first-order chi connectivity index (χ1) is 16.5. The molecule has 1 aliphatic heterocycles. The minimum Gasteiger partial charge on any atom is -0.454 e. The highest BCUT2D eigenvalue weighted by Crippen LogP contribution is 2.33. The third-order valence-electron chi connectivity index (χ3n) is 5.84. The van der Waals surface area contributed by atoms with E-state index in [-0.39, 0.29) is 24.4 Å². The summed E-state index contributed by atoms with van der Waals surface area (Å²) in [4.78, 5) is 20.2. The maximum Gasteiger partial charge on any atom is 0.254 e. The Hall–Kier alpha value is -3.87. The van der Waals surface area contributed by atoms with E-state index >= 15 is 0 Å². The number of hydrogen-bond acceptors (Lipinski definition) is 4. The number of carbonyl (C=O) groups excluding carboxylic acids is 1. The predicted octanol–water partition coefficient (Wildman–Crippen LogP) is 5.25. The zero-order valence-corrected chi connectivity index (χ0v) is 19.2. The summed E-state index contributed by atoms with van der Waals surface area (Å²) in [6.07, 6.45) is 0. The van der Waals surface area contributed by atoms with Gasteiger partial charge in [0.25, 0.3) is 5.91 Å². The number of amides is 1. The molecule has 34 heavy (non-hydrogen) atoms. The first-order valence-electron chi connectivity index (χ1n) is 11.4. The number of para-hydroxylation sites is 2. The van der Waals surface area contributed by atoms with Crippen LogP contribution in [0.2, 0.25) is 0 Å². The Morgan fingerprint density at radius 1 is 1.06 bits per heavy atom. The SMILES string of the molecule is CC(C)CN(Cc1nc2ccccc2n1Cc1ccccc1F)C(=O)c1ccc2c(c1)OCO2. The van der Waals surface area contributed by atoms with E-state index in [1.54, 1.807) is 35.2 Å². The number of hydrogen-bond donors (Lipinski definition) is 0. The Morgan fingerprint density at radius 3 is 2.65 bits per heavy atom. The second-order valence-electron chi connectivity index (χ2n) is 8.84. The summed E-state index contributed by atoms with van der Waals surface area (Å²) in [5.74, 6) is 1.79. The van der Waals surface area contributed by atoms with E-state index in [4.69, 9.17) is 14.5 Å². The molecule has 0 saturated carbocycles. The van der Waals surface area contributed by atoms with Crippen molar-refractivity contribution in [3.05, 3.63) is 89.5 Å². The van der Waals surface area contributed by atoms with E-state index in [1.807, 2.05) is 34.9 Å². The van der Waals surface area contributed by atoms with Gasteiger partial charge in [-0.2, -0.15) is 0 Å². The maximum atomic E-state index is 14.5. The van der Waals surface area contributed by atoms with E-state index in [9.17, 15) is 9.18 Å². The topological polar surface area (TPSA) is 56.6 Å². The van der Waals surface area contributed by atoms with E-state index in [2.05, 4.69) is 13.8 Å². The molecule has 0 bridgehead atoms. The summed E-state index contributed by atoms with van der Waals surface area (Å²) >= 11 is 0. The molecule has 0 saturated heterocycles. The summed E-state index contributed by atoms with van der Waals surface area (Å²) < 4.78 is 27.3. The van der Waals surface area contributed by atoms with Gasteiger partial charge in [0.15, 0.2) is 11.5 Å². The number of rotatable bonds is 7. The Balaban J connectivity index is 1.51. The van der Waals surface area contributed by atoms with Crippen LogP contribution in [0.4, 0.5) is 4.39 Å². The molecule has 5 rings (SSSR count). The first-order valence-corrected chi connectivity index (χ1v) is 11.4. The number of nitrogens with zero attached hydrogens (tertiary/aromatic N) is 3. The molecule has 4 aromatic rings. The normalized spacial score (nSPS) is 12.5. The zero-order chi connectivity index (χ0) is 23.7. The molecular weight excluding hydrogens is 433 g/mol. The van der Waals surface area contributed by atoms with Crippen molar-refractivity contribution in [2.24, 2.45) is 5.92 Å². The number of aromatic nitrogens is 2. The fraction of sp³-hybridized carbons (Fsp3) is 0.259. The van der Waals surface area contributed by atoms with E-state index < -0.39 is 0 Å². The van der Waals surface area contributed by atoms with Gasteiger partial charge in [0.2, 0.25) is 6.79 Å². The molecule has 174 valence electrons. The second kappa shape index (κ2) is 9.17. The Kier molecular flexibility index (Phi) is 5.92. The lowest BCUT2D eigenvalue weighted by atomic mass is 10.1. The van der Waals surface area contributed by atoms with Gasteiger partial charge in [-0.15, -0.1) is 0 Å². The van der Waals surface area contributed by atoms with Crippen molar-refractivity contribution in [3.8, 4) is 11.5 Å². The first kappa shape index (κ1) is 21.9. The maximum absolute atomic E-state index is 14.5. The average Bonchev–Trinajstić information content (AvgIpc) is 3.43. The standard InChI is InChI=1S/C27H26FN3O3/c1-18(2)14-30(27(32)19-11-12-24-25(13-19)34-17-33-24)16-26-29-22-9-5-6-10-23(22)31(26)15-20-7-3-4-8-21(20)28/h3-13,18H,14-17H2,1-2H3. The fourth-order valence-electron chi connectivity index (χ4n) is 4.26. The van der Waals surface area contributed by atoms with Crippen LogP contribution in [0, 0.1) is 11.7 Å². The molecule has 1 aliphatic rings. The van der Waals surface area contributed by atoms with Crippen molar-refractivity contribution in [2.45, 2.75) is 26.9 Å². The molecular formula is C27H26FN3O3. The van der Waals surface area contributed by atoms with Crippen LogP contribution in [0.1, 0.15) is 35.6 Å². The Morgan fingerprint density at radius 2 is 1.82 bits per heavy atom. The molecule has 0 fully saturated rings. The van der Waals surface area contributed by atoms with Gasteiger partial charge in [-0.3, -0.25) is 4.79 Å². The highest BCUT2D eigenvalue weighted by Gasteiger charge is 2.23. The molecule has 0 atom stereocenters. The van der Waals surface area contributed by atoms with Crippen molar-refractivity contribution < 1.29 is 18.7 Å². The number of imidazole rings is 1. The largest absolute Gasteiger partial charge is 0.454 e. The highest BCUT2D eigenvalue weighted by molar-refractivity contribution is 5.95. The Labute approximate surface area is 197 Å². The quantitative estimate of drug-likeness (QED) is 0.379. The van der Waals surface area contributed by atoms with Gasteiger partial charge in [0, 0.05) is 17.7 Å². The van der Waals surface area contributed by atoms with Gasteiger partial charge in [-0.05, 0) is 42.3 Å². The van der Waals surface area contributed by atoms with Crippen LogP contribution < -0.4 is 9.47 Å². The minimum atomic E-state index is -0.262. The molecule has 0 aliphatic carbocycles. The van der Waals surface area contributed by atoms with Crippen molar-refractivity contribution in [1.29, 1.82) is 0 Å². The average molecular weight is 460 g/mol.